The van der Waals surface area contributed by atoms with Crippen molar-refractivity contribution in [3.63, 3.8) is 0 Å². The van der Waals surface area contributed by atoms with Crippen LogP contribution in [0.5, 0.6) is 5.75 Å². The monoisotopic (exact) mass is 263 g/mol. The van der Waals surface area contributed by atoms with Gasteiger partial charge in [-0.2, -0.15) is 0 Å². The van der Waals surface area contributed by atoms with Crippen LogP contribution in [0.15, 0.2) is 29.3 Å². The van der Waals surface area contributed by atoms with E-state index in [9.17, 15) is 0 Å². The Morgan fingerprint density at radius 3 is 2.31 bits per heavy atom. The Morgan fingerprint density at radius 1 is 1.38 bits per heavy atom. The summed E-state index contributed by atoms with van der Waals surface area (Å²) in [6.07, 6.45) is 0. The molecule has 0 atom stereocenters. The van der Waals surface area contributed by atoms with Crippen molar-refractivity contribution >= 4 is 21.5 Å². The maximum Gasteiger partial charge on any atom is 0.115 e. The number of quaternary nitrogens is 1. The maximum absolute atomic E-state index is 9.04. The molecule has 0 bridgehead atoms. The standard InChI is InChI=1S/C9H10BrNO.ClH/c10-5-8(6-11)7-1-3-9(12)4-2-7;/h1-5,12H,6,11H2;1H/b8-5-;. The highest BCUT2D eigenvalue weighted by Crippen LogP contribution is 2.17. The van der Waals surface area contributed by atoms with E-state index >= 15 is 0 Å². The third kappa shape index (κ3) is 3.38. The van der Waals surface area contributed by atoms with E-state index < -0.39 is 0 Å². The van der Waals surface area contributed by atoms with Gasteiger partial charge >= 0.3 is 0 Å². The summed E-state index contributed by atoms with van der Waals surface area (Å²) in [4.78, 5) is 1.85. The molecular formula is C9H11BrClNO. The Hall–Kier alpha value is -0.510. The fourth-order valence-corrected chi connectivity index (χ4v) is 1.43. The zero-order chi connectivity index (χ0) is 8.97. The van der Waals surface area contributed by atoms with Crippen LogP contribution in [-0.2, 0) is 0 Å². The van der Waals surface area contributed by atoms with Crippen LogP contribution in [0.1, 0.15) is 5.56 Å². The van der Waals surface area contributed by atoms with Crippen LogP contribution in [-0.4, -0.2) is 11.7 Å². The lowest BCUT2D eigenvalue weighted by Gasteiger charge is -2.00. The third-order valence-corrected chi connectivity index (χ3v) is 2.19. The molecule has 0 aliphatic heterocycles. The zero-order valence-corrected chi connectivity index (χ0v) is 9.35. The van der Waals surface area contributed by atoms with Gasteiger partial charge < -0.3 is 23.2 Å². The van der Waals surface area contributed by atoms with Crippen LogP contribution in [0, 0.1) is 0 Å². The average molecular weight is 265 g/mol. The Kier molecular flexibility index (Phi) is 5.79. The third-order valence-electron chi connectivity index (χ3n) is 1.64. The van der Waals surface area contributed by atoms with Gasteiger partial charge in [0.1, 0.15) is 12.3 Å². The number of hydrogen-bond donors (Lipinski definition) is 2. The zero-order valence-electron chi connectivity index (χ0n) is 7.00. The van der Waals surface area contributed by atoms with Crippen molar-refractivity contribution in [3.05, 3.63) is 34.8 Å². The molecule has 0 aliphatic carbocycles. The number of hydrogen-bond acceptors (Lipinski definition) is 1. The van der Waals surface area contributed by atoms with Gasteiger partial charge in [-0.05, 0) is 22.7 Å². The molecule has 1 rings (SSSR count). The lowest BCUT2D eigenvalue weighted by atomic mass is 10.1. The SMILES string of the molecule is [Cl-].[NH3+]C/C(=C/Br)c1ccc(O)cc1. The molecule has 0 saturated carbocycles. The van der Waals surface area contributed by atoms with Gasteiger partial charge in [-0.15, -0.1) is 0 Å². The first-order chi connectivity index (χ1) is 5.77. The largest absolute Gasteiger partial charge is 1.00 e. The number of benzene rings is 1. The first-order valence-electron chi connectivity index (χ1n) is 3.66. The van der Waals surface area contributed by atoms with E-state index in [1.54, 1.807) is 12.1 Å². The minimum absolute atomic E-state index is 0. The van der Waals surface area contributed by atoms with Gasteiger partial charge in [0.05, 0.1) is 0 Å². The predicted molar refractivity (Wildman–Crippen MR) is 52.8 cm³/mol. The molecule has 0 heterocycles. The first-order valence-corrected chi connectivity index (χ1v) is 4.57. The van der Waals surface area contributed by atoms with Crippen molar-refractivity contribution in [2.45, 2.75) is 0 Å². The number of phenolic OH excluding ortho intramolecular Hbond substituents is 1. The topological polar surface area (TPSA) is 47.9 Å². The van der Waals surface area contributed by atoms with Crippen LogP contribution in [0.4, 0.5) is 0 Å². The van der Waals surface area contributed by atoms with E-state index in [1.165, 1.54) is 0 Å². The fourth-order valence-electron chi connectivity index (χ4n) is 0.937. The average Bonchev–Trinajstić information content (AvgIpc) is 2.10. The molecule has 4 N–H and O–H groups in total. The second-order valence-electron chi connectivity index (χ2n) is 2.43. The van der Waals surface area contributed by atoms with Crippen LogP contribution in [0.2, 0.25) is 0 Å². The van der Waals surface area contributed by atoms with Crippen molar-refractivity contribution < 1.29 is 23.2 Å². The summed E-state index contributed by atoms with van der Waals surface area (Å²) in [6.45, 7) is 0.732. The van der Waals surface area contributed by atoms with Crippen LogP contribution in [0.25, 0.3) is 5.57 Å². The van der Waals surface area contributed by atoms with E-state index in [4.69, 9.17) is 5.11 Å². The van der Waals surface area contributed by atoms with Crippen LogP contribution in [0.3, 0.4) is 0 Å². The minimum atomic E-state index is 0. The lowest BCUT2D eigenvalue weighted by molar-refractivity contribution is -0.349. The summed E-state index contributed by atoms with van der Waals surface area (Å²) in [5, 5.41) is 9.04. The summed E-state index contributed by atoms with van der Waals surface area (Å²) in [5.41, 5.74) is 6.00. The number of phenols is 1. The summed E-state index contributed by atoms with van der Waals surface area (Å²) in [7, 11) is 0. The molecule has 2 nitrogen and oxygen atoms in total. The molecule has 0 fully saturated rings. The van der Waals surface area contributed by atoms with E-state index in [0.29, 0.717) is 0 Å². The summed E-state index contributed by atoms with van der Waals surface area (Å²) >= 11 is 3.27. The van der Waals surface area contributed by atoms with Crippen molar-refractivity contribution in [1.82, 2.24) is 0 Å². The highest BCUT2D eigenvalue weighted by molar-refractivity contribution is 9.11. The number of aromatic hydroxyl groups is 1. The molecule has 4 heteroatoms. The molecule has 0 aromatic heterocycles. The Bertz CT molecular complexity index is 284. The molecule has 0 spiro atoms. The highest BCUT2D eigenvalue weighted by Gasteiger charge is 1.99. The summed E-state index contributed by atoms with van der Waals surface area (Å²) < 4.78 is 0. The van der Waals surface area contributed by atoms with Gasteiger partial charge in [-0.25, -0.2) is 0 Å². The minimum Gasteiger partial charge on any atom is -1.00 e. The molecule has 72 valence electrons. The van der Waals surface area contributed by atoms with Crippen molar-refractivity contribution in [2.24, 2.45) is 0 Å². The van der Waals surface area contributed by atoms with E-state index in [-0.39, 0.29) is 18.2 Å². The highest BCUT2D eigenvalue weighted by atomic mass is 79.9. The molecule has 0 amide bonds. The molecule has 0 aliphatic rings. The van der Waals surface area contributed by atoms with Gasteiger partial charge in [0, 0.05) is 5.57 Å². The molecule has 0 saturated heterocycles. The number of halogens is 2. The second kappa shape index (κ2) is 6.02. The summed E-state index contributed by atoms with van der Waals surface area (Å²) in [5.74, 6) is 0.289. The normalized spacial score (nSPS) is 10.8. The van der Waals surface area contributed by atoms with Gasteiger partial charge in [-0.1, -0.05) is 28.1 Å². The maximum atomic E-state index is 9.04. The second-order valence-corrected chi connectivity index (χ2v) is 2.89. The van der Waals surface area contributed by atoms with Crippen molar-refractivity contribution in [3.8, 4) is 5.75 Å². The van der Waals surface area contributed by atoms with Gasteiger partial charge in [0.15, 0.2) is 0 Å². The Morgan fingerprint density at radius 2 is 1.92 bits per heavy atom. The van der Waals surface area contributed by atoms with Crippen molar-refractivity contribution in [2.75, 3.05) is 6.54 Å². The predicted octanol–water partition coefficient (Wildman–Crippen LogP) is -1.63. The molecule has 0 unspecified atom stereocenters. The Balaban J connectivity index is 0.00000144. The molecule has 13 heavy (non-hydrogen) atoms. The van der Waals surface area contributed by atoms with Crippen LogP contribution >= 0.6 is 15.9 Å². The molecular weight excluding hydrogens is 253 g/mol. The van der Waals surface area contributed by atoms with Crippen molar-refractivity contribution in [1.29, 1.82) is 0 Å². The first kappa shape index (κ1) is 12.5. The fraction of sp³-hybridized carbons (Fsp3) is 0.111. The van der Waals surface area contributed by atoms with Gasteiger partial charge in [-0.3, -0.25) is 0 Å². The summed E-state index contributed by atoms with van der Waals surface area (Å²) in [6, 6.07) is 7.07. The number of rotatable bonds is 2. The molecule has 1 aromatic carbocycles. The molecule has 0 radical (unpaired) electrons. The van der Waals surface area contributed by atoms with Crippen LogP contribution < -0.4 is 18.1 Å². The quantitative estimate of drug-likeness (QED) is 0.662. The molecule has 1 aromatic rings. The van der Waals surface area contributed by atoms with Gasteiger partial charge in [0.25, 0.3) is 0 Å². The van der Waals surface area contributed by atoms with E-state index in [0.717, 1.165) is 17.7 Å². The van der Waals surface area contributed by atoms with Gasteiger partial charge in [0.2, 0.25) is 0 Å². The Labute approximate surface area is 92.0 Å². The van der Waals surface area contributed by atoms with E-state index in [2.05, 4.69) is 21.7 Å². The lowest BCUT2D eigenvalue weighted by Crippen LogP contribution is -3.00. The smallest absolute Gasteiger partial charge is 0.115 e. The van der Waals surface area contributed by atoms with E-state index in [1.807, 2.05) is 17.1 Å².